The quantitative estimate of drug-likeness (QED) is 0.311. The van der Waals surface area contributed by atoms with Gasteiger partial charge in [0.25, 0.3) is 0 Å². The number of halogens is 1. The molecule has 2 aromatic carbocycles. The predicted molar refractivity (Wildman–Crippen MR) is 98.3 cm³/mol. The number of carbonyl (C=O) groups excluding carboxylic acids is 2. The van der Waals surface area contributed by atoms with Gasteiger partial charge in [-0.1, -0.05) is 83.3 Å². The van der Waals surface area contributed by atoms with Crippen LogP contribution < -0.4 is 5.73 Å². The highest BCUT2D eigenvalue weighted by Crippen LogP contribution is 2.14. The normalized spacial score (nSPS) is 10.9. The molecule has 126 valence electrons. The van der Waals surface area contributed by atoms with E-state index in [1.807, 2.05) is 83.3 Å². The molecule has 0 saturated heterocycles. The molecule has 0 bridgehead atoms. The Labute approximate surface area is 154 Å². The standard InChI is InChI=1S/C18H18INO4/c19-13-18(20,16(21)23-11-14-7-3-1-4-8-14)17(22)24-12-15-9-5-2-6-10-15/h1-10H,11-13,20H2. The van der Waals surface area contributed by atoms with Crippen LogP contribution in [0.2, 0.25) is 0 Å². The van der Waals surface area contributed by atoms with E-state index in [4.69, 9.17) is 15.2 Å². The minimum Gasteiger partial charge on any atom is -0.459 e. The van der Waals surface area contributed by atoms with Crippen molar-refractivity contribution in [3.63, 3.8) is 0 Å². The van der Waals surface area contributed by atoms with Crippen molar-refractivity contribution < 1.29 is 19.1 Å². The zero-order chi connectivity index (χ0) is 17.4. The average molecular weight is 439 g/mol. The van der Waals surface area contributed by atoms with Crippen LogP contribution in [0.3, 0.4) is 0 Å². The number of carbonyl (C=O) groups is 2. The van der Waals surface area contributed by atoms with E-state index in [-0.39, 0.29) is 17.6 Å². The topological polar surface area (TPSA) is 78.6 Å². The molecule has 0 heterocycles. The summed E-state index contributed by atoms with van der Waals surface area (Å²) in [6.07, 6.45) is 0. The molecule has 0 aliphatic heterocycles. The van der Waals surface area contributed by atoms with Crippen molar-refractivity contribution in [2.45, 2.75) is 18.8 Å². The Morgan fingerprint density at radius 3 is 1.54 bits per heavy atom. The summed E-state index contributed by atoms with van der Waals surface area (Å²) >= 11 is 1.88. The van der Waals surface area contributed by atoms with Crippen LogP contribution in [0, 0.1) is 0 Å². The summed E-state index contributed by atoms with van der Waals surface area (Å²) < 4.78 is 10.4. The molecule has 2 rings (SSSR count). The molecule has 5 nitrogen and oxygen atoms in total. The van der Waals surface area contributed by atoms with E-state index in [0.29, 0.717) is 0 Å². The maximum absolute atomic E-state index is 12.3. The second-order valence-electron chi connectivity index (χ2n) is 5.23. The first kappa shape index (κ1) is 18.4. The summed E-state index contributed by atoms with van der Waals surface area (Å²) in [5, 5.41) is 0. The monoisotopic (exact) mass is 439 g/mol. The zero-order valence-corrected chi connectivity index (χ0v) is 15.1. The highest BCUT2D eigenvalue weighted by Gasteiger charge is 2.44. The molecule has 0 spiro atoms. The van der Waals surface area contributed by atoms with Gasteiger partial charge < -0.3 is 15.2 Å². The van der Waals surface area contributed by atoms with Crippen molar-refractivity contribution in [2.75, 3.05) is 4.43 Å². The van der Waals surface area contributed by atoms with Crippen LogP contribution in [-0.2, 0) is 32.3 Å². The van der Waals surface area contributed by atoms with Crippen molar-refractivity contribution in [2.24, 2.45) is 5.73 Å². The first-order valence-electron chi connectivity index (χ1n) is 7.33. The maximum atomic E-state index is 12.3. The number of hydrogen-bond donors (Lipinski definition) is 1. The molecule has 2 N–H and O–H groups in total. The van der Waals surface area contributed by atoms with Crippen LogP contribution in [0.4, 0.5) is 0 Å². The largest absolute Gasteiger partial charge is 0.459 e. The number of rotatable bonds is 7. The van der Waals surface area contributed by atoms with Crippen molar-refractivity contribution in [3.05, 3.63) is 71.8 Å². The maximum Gasteiger partial charge on any atom is 0.339 e. The van der Waals surface area contributed by atoms with Crippen LogP contribution >= 0.6 is 22.6 Å². The molecule has 6 heteroatoms. The number of alkyl halides is 1. The minimum atomic E-state index is -1.82. The van der Waals surface area contributed by atoms with Gasteiger partial charge in [-0.05, 0) is 11.1 Å². The smallest absolute Gasteiger partial charge is 0.339 e. The Hall–Kier alpha value is -1.93. The number of esters is 2. The van der Waals surface area contributed by atoms with E-state index in [1.54, 1.807) is 0 Å². The predicted octanol–water partition coefficient (Wildman–Crippen LogP) is 2.61. The molecule has 0 radical (unpaired) electrons. The summed E-state index contributed by atoms with van der Waals surface area (Å²) in [7, 11) is 0. The molecule has 24 heavy (non-hydrogen) atoms. The van der Waals surface area contributed by atoms with E-state index in [2.05, 4.69) is 0 Å². The van der Waals surface area contributed by atoms with Gasteiger partial charge in [0, 0.05) is 4.43 Å². The number of benzene rings is 2. The second-order valence-corrected chi connectivity index (χ2v) is 5.99. The van der Waals surface area contributed by atoms with E-state index in [0.717, 1.165) is 11.1 Å². The van der Waals surface area contributed by atoms with Gasteiger partial charge in [-0.3, -0.25) is 0 Å². The summed E-state index contributed by atoms with van der Waals surface area (Å²) in [5.74, 6) is -1.59. The Kier molecular flexibility index (Phi) is 6.74. The molecule has 2 aromatic rings. The molecule has 0 unspecified atom stereocenters. The summed E-state index contributed by atoms with van der Waals surface area (Å²) in [6, 6.07) is 18.4. The zero-order valence-electron chi connectivity index (χ0n) is 13.0. The third-order valence-corrected chi connectivity index (χ3v) is 4.57. The van der Waals surface area contributed by atoms with E-state index in [1.165, 1.54) is 0 Å². The molecule has 0 amide bonds. The van der Waals surface area contributed by atoms with Gasteiger partial charge in [-0.25, -0.2) is 9.59 Å². The van der Waals surface area contributed by atoms with Gasteiger partial charge in [0.2, 0.25) is 5.54 Å². The third kappa shape index (κ3) is 4.78. The van der Waals surface area contributed by atoms with Crippen LogP contribution in [-0.4, -0.2) is 21.9 Å². The fourth-order valence-corrected chi connectivity index (χ4v) is 2.52. The van der Waals surface area contributed by atoms with Crippen molar-refractivity contribution >= 4 is 34.5 Å². The van der Waals surface area contributed by atoms with Crippen LogP contribution in [0.25, 0.3) is 0 Å². The lowest BCUT2D eigenvalue weighted by atomic mass is 10.1. The molecular formula is C18H18INO4. The summed E-state index contributed by atoms with van der Waals surface area (Å²) in [4.78, 5) is 24.5. The Balaban J connectivity index is 1.95. The minimum absolute atomic E-state index is 0.0568. The lowest BCUT2D eigenvalue weighted by Crippen LogP contribution is -2.58. The van der Waals surface area contributed by atoms with Crippen LogP contribution in [0.5, 0.6) is 0 Å². The van der Waals surface area contributed by atoms with Gasteiger partial charge in [-0.2, -0.15) is 0 Å². The highest BCUT2D eigenvalue weighted by atomic mass is 127. The average Bonchev–Trinajstić information content (AvgIpc) is 2.65. The first-order chi connectivity index (χ1) is 11.6. The number of ether oxygens (including phenoxy) is 2. The van der Waals surface area contributed by atoms with E-state index in [9.17, 15) is 9.59 Å². The van der Waals surface area contributed by atoms with Crippen molar-refractivity contribution in [3.8, 4) is 0 Å². The van der Waals surface area contributed by atoms with Gasteiger partial charge in [0.05, 0.1) is 0 Å². The third-order valence-electron chi connectivity index (χ3n) is 3.36. The fraction of sp³-hybridized carbons (Fsp3) is 0.222. The second kappa shape index (κ2) is 8.79. The molecule has 0 saturated carbocycles. The first-order valence-corrected chi connectivity index (χ1v) is 8.86. The van der Waals surface area contributed by atoms with Gasteiger partial charge in [0.1, 0.15) is 13.2 Å². The molecule has 0 aromatic heterocycles. The number of hydrogen-bond acceptors (Lipinski definition) is 5. The SMILES string of the molecule is NC(CI)(C(=O)OCc1ccccc1)C(=O)OCc1ccccc1. The van der Waals surface area contributed by atoms with Crippen LogP contribution in [0.15, 0.2) is 60.7 Å². The van der Waals surface area contributed by atoms with E-state index >= 15 is 0 Å². The Morgan fingerprint density at radius 2 is 1.21 bits per heavy atom. The Bertz CT molecular complexity index is 620. The highest BCUT2D eigenvalue weighted by molar-refractivity contribution is 14.1. The lowest BCUT2D eigenvalue weighted by Gasteiger charge is -2.23. The number of nitrogens with two attached hydrogens (primary N) is 1. The molecule has 0 fully saturated rings. The van der Waals surface area contributed by atoms with E-state index < -0.39 is 17.5 Å². The van der Waals surface area contributed by atoms with Gasteiger partial charge in [-0.15, -0.1) is 0 Å². The van der Waals surface area contributed by atoms with Crippen molar-refractivity contribution in [1.29, 1.82) is 0 Å². The molecule has 0 atom stereocenters. The summed E-state index contributed by atoms with van der Waals surface area (Å²) in [6.45, 7) is 0.114. The van der Waals surface area contributed by atoms with Crippen molar-refractivity contribution in [1.82, 2.24) is 0 Å². The molecular weight excluding hydrogens is 421 g/mol. The fourth-order valence-electron chi connectivity index (χ4n) is 1.90. The molecule has 0 aliphatic carbocycles. The van der Waals surface area contributed by atoms with Crippen LogP contribution in [0.1, 0.15) is 11.1 Å². The lowest BCUT2D eigenvalue weighted by molar-refractivity contribution is -0.164. The molecule has 0 aliphatic rings. The van der Waals surface area contributed by atoms with Gasteiger partial charge in [0.15, 0.2) is 0 Å². The summed E-state index contributed by atoms with van der Waals surface area (Å²) in [5.41, 5.74) is 5.78. The van der Waals surface area contributed by atoms with Gasteiger partial charge >= 0.3 is 11.9 Å². The Morgan fingerprint density at radius 1 is 0.833 bits per heavy atom.